The first-order chi connectivity index (χ1) is 28.6. The zero-order valence-electron chi connectivity index (χ0n) is 35.1. The molecule has 59 heavy (non-hydrogen) atoms. The van der Waals surface area contributed by atoms with Gasteiger partial charge in [-0.05, 0) is 140 Å². The maximum atomic E-state index is 5.91. The van der Waals surface area contributed by atoms with E-state index in [1.165, 1.54) is 33.4 Å². The van der Waals surface area contributed by atoms with Crippen molar-refractivity contribution < 1.29 is 0 Å². The Morgan fingerprint density at radius 3 is 0.627 bits per heavy atom. The smallest absolute Gasteiger partial charge is 0.268 e. The third-order valence-electron chi connectivity index (χ3n) is 10.3. The number of rotatable bonds is 17. The predicted octanol–water partition coefficient (Wildman–Crippen LogP) is 15.6. The van der Waals surface area contributed by atoms with Gasteiger partial charge in [-0.25, -0.2) is 0 Å². The first-order valence-corrected chi connectivity index (χ1v) is 25.9. The van der Waals surface area contributed by atoms with Gasteiger partial charge in [0.15, 0.2) is 0 Å². The molecular weight excluding hydrogens is 784 g/mol. The summed E-state index contributed by atoms with van der Waals surface area (Å²) in [6, 6.07) is 51.6. The standard InChI is InChI=1S/C47H58N9P3/c1-7-37-14-26-43(27-15-37)49-57(48-42-24-12-36(6)13-25-42)54-58(50-44-28-16-38(8-2)17-29-44,51-45-30-18-39(9-3)19-31-45)56-59(55-57,52-46-32-20-40(10-4)21-33-46)53-47-34-22-41(11-5)23-35-47/h12-35,48-53H,7-11H2,1-6H3. The molecule has 0 saturated heterocycles. The second kappa shape index (κ2) is 18.8. The van der Waals surface area contributed by atoms with Crippen LogP contribution in [0.5, 0.6) is 0 Å². The SMILES string of the molecule is CCc1ccc(NP2(Nc3ccc(C)cc3)=NP(Nc3ccc(CC)cc3)(Nc3ccc(CC)cc3)=NP(Nc3ccc(CC)cc3)(Nc3ccc(CC)cc3)=N2)cc1. The summed E-state index contributed by atoms with van der Waals surface area (Å²) in [4.78, 5) is 0. The molecule has 1 heterocycles. The van der Waals surface area contributed by atoms with E-state index in [-0.39, 0.29) is 0 Å². The summed E-state index contributed by atoms with van der Waals surface area (Å²) < 4.78 is 17.7. The minimum absolute atomic E-state index is 0.909. The van der Waals surface area contributed by atoms with E-state index < -0.39 is 22.5 Å². The average Bonchev–Trinajstić information content (AvgIpc) is 3.25. The number of hydrogen-bond acceptors (Lipinski definition) is 9. The molecule has 0 aromatic heterocycles. The van der Waals surface area contributed by atoms with Crippen LogP contribution in [0.15, 0.2) is 159 Å². The van der Waals surface area contributed by atoms with Crippen LogP contribution in [0.1, 0.15) is 68.0 Å². The van der Waals surface area contributed by atoms with Crippen LogP contribution in [0, 0.1) is 6.92 Å². The summed E-state index contributed by atoms with van der Waals surface area (Å²) in [7, 11) is -9.67. The molecule has 7 rings (SSSR count). The summed E-state index contributed by atoms with van der Waals surface area (Å²) >= 11 is 0. The molecule has 6 aromatic rings. The Labute approximate surface area is 351 Å². The maximum absolute atomic E-state index is 5.91. The molecule has 1 aliphatic heterocycles. The van der Waals surface area contributed by atoms with Crippen molar-refractivity contribution in [2.75, 3.05) is 30.5 Å². The Balaban J connectivity index is 1.55. The lowest BCUT2D eigenvalue weighted by Gasteiger charge is -2.38. The van der Waals surface area contributed by atoms with E-state index in [0.717, 1.165) is 66.2 Å². The van der Waals surface area contributed by atoms with E-state index >= 15 is 0 Å². The van der Waals surface area contributed by atoms with Gasteiger partial charge in [0.2, 0.25) is 0 Å². The lowest BCUT2D eigenvalue weighted by atomic mass is 10.2. The molecule has 0 spiro atoms. The number of nitrogens with one attached hydrogen (secondary N) is 6. The Kier molecular flexibility index (Phi) is 13.4. The van der Waals surface area contributed by atoms with E-state index in [1.807, 2.05) is 0 Å². The highest BCUT2D eigenvalue weighted by atomic mass is 31.3. The molecule has 1 aliphatic rings. The van der Waals surface area contributed by atoms with Crippen LogP contribution >= 0.6 is 22.5 Å². The molecule has 0 bridgehead atoms. The second-order valence-electron chi connectivity index (χ2n) is 14.9. The fourth-order valence-electron chi connectivity index (χ4n) is 6.75. The highest BCUT2D eigenvalue weighted by Gasteiger charge is 2.39. The van der Waals surface area contributed by atoms with Crippen molar-refractivity contribution in [3.63, 3.8) is 0 Å². The first kappa shape index (κ1) is 42.0. The van der Waals surface area contributed by atoms with Crippen molar-refractivity contribution in [3.8, 4) is 0 Å². The van der Waals surface area contributed by atoms with Gasteiger partial charge in [0.1, 0.15) is 0 Å². The predicted molar refractivity (Wildman–Crippen MR) is 260 cm³/mol. The molecular formula is C47H58N9P3. The number of aryl methyl sites for hydroxylation is 6. The lowest BCUT2D eigenvalue weighted by Crippen LogP contribution is -2.16. The fraction of sp³-hybridized carbons (Fsp3) is 0.234. The summed E-state index contributed by atoms with van der Waals surface area (Å²) in [6.45, 7) is 13.0. The van der Waals surface area contributed by atoms with Crippen LogP contribution < -0.4 is 30.5 Å². The van der Waals surface area contributed by atoms with Crippen molar-refractivity contribution in [1.29, 1.82) is 0 Å². The van der Waals surface area contributed by atoms with Crippen LogP contribution in [0.4, 0.5) is 34.1 Å². The van der Waals surface area contributed by atoms with E-state index in [4.69, 9.17) is 13.5 Å². The zero-order valence-corrected chi connectivity index (χ0v) is 37.8. The monoisotopic (exact) mass is 841 g/mol. The van der Waals surface area contributed by atoms with Crippen molar-refractivity contribution in [2.45, 2.75) is 73.6 Å². The quantitative estimate of drug-likeness (QED) is 0.0511. The Hall–Kier alpha value is -5.19. The number of benzene rings is 6. The van der Waals surface area contributed by atoms with Crippen molar-refractivity contribution in [1.82, 2.24) is 0 Å². The molecule has 6 aromatic carbocycles. The van der Waals surface area contributed by atoms with Gasteiger partial charge in [-0.1, -0.05) is 113 Å². The number of hydrogen-bond donors (Lipinski definition) is 6. The topological polar surface area (TPSA) is 109 Å². The van der Waals surface area contributed by atoms with E-state index in [9.17, 15) is 0 Å². The second-order valence-corrected chi connectivity index (χ2v) is 22.0. The van der Waals surface area contributed by atoms with Crippen LogP contribution in [-0.4, -0.2) is 0 Å². The molecule has 9 nitrogen and oxygen atoms in total. The van der Waals surface area contributed by atoms with Crippen LogP contribution in [0.25, 0.3) is 0 Å². The molecule has 0 radical (unpaired) electrons. The third kappa shape index (κ3) is 10.7. The molecule has 12 heteroatoms. The van der Waals surface area contributed by atoms with Gasteiger partial charge in [0, 0.05) is 34.1 Å². The molecule has 0 saturated carbocycles. The van der Waals surface area contributed by atoms with Gasteiger partial charge in [-0.15, -0.1) is 0 Å². The summed E-state index contributed by atoms with van der Waals surface area (Å²) in [5, 5.41) is 23.6. The molecule has 0 aliphatic carbocycles. The van der Waals surface area contributed by atoms with Gasteiger partial charge < -0.3 is 30.5 Å². The summed E-state index contributed by atoms with van der Waals surface area (Å²) in [5.74, 6) is 0. The van der Waals surface area contributed by atoms with E-state index in [0.29, 0.717) is 0 Å². The molecule has 0 fully saturated rings. The minimum Gasteiger partial charge on any atom is -0.319 e. The lowest BCUT2D eigenvalue weighted by molar-refractivity contribution is 1.14. The zero-order chi connectivity index (χ0) is 41.3. The Morgan fingerprint density at radius 2 is 0.458 bits per heavy atom. The highest BCUT2D eigenvalue weighted by Crippen LogP contribution is 2.76. The maximum Gasteiger partial charge on any atom is 0.268 e. The number of nitrogens with zero attached hydrogens (tertiary/aromatic N) is 3. The average molecular weight is 842 g/mol. The van der Waals surface area contributed by atoms with Gasteiger partial charge >= 0.3 is 0 Å². The van der Waals surface area contributed by atoms with Gasteiger partial charge in [-0.3, -0.25) is 0 Å². The molecule has 1 atom stereocenters. The van der Waals surface area contributed by atoms with Gasteiger partial charge in [0.05, 0.1) is 0 Å². The fourth-order valence-corrected chi connectivity index (χ4v) is 18.0. The van der Waals surface area contributed by atoms with E-state index in [2.05, 4.69) is 218 Å². The van der Waals surface area contributed by atoms with Gasteiger partial charge in [0.25, 0.3) is 22.5 Å². The van der Waals surface area contributed by atoms with Crippen LogP contribution in [0.2, 0.25) is 0 Å². The van der Waals surface area contributed by atoms with Crippen molar-refractivity contribution in [3.05, 3.63) is 179 Å². The van der Waals surface area contributed by atoms with Crippen molar-refractivity contribution >= 4 is 56.6 Å². The molecule has 0 amide bonds. The van der Waals surface area contributed by atoms with E-state index in [1.54, 1.807) is 0 Å². The van der Waals surface area contributed by atoms with Gasteiger partial charge in [-0.2, -0.15) is 13.5 Å². The molecule has 6 N–H and O–H groups in total. The van der Waals surface area contributed by atoms with Crippen LogP contribution in [-0.2, 0) is 32.1 Å². The largest absolute Gasteiger partial charge is 0.319 e. The first-order valence-electron chi connectivity index (χ1n) is 20.8. The normalized spacial score (nSPS) is 16.4. The van der Waals surface area contributed by atoms with Crippen molar-refractivity contribution in [2.24, 2.45) is 13.5 Å². The molecule has 306 valence electrons. The number of anilines is 6. The highest BCUT2D eigenvalue weighted by molar-refractivity contribution is 7.89. The Bertz CT molecular complexity index is 2270. The Morgan fingerprint density at radius 1 is 0.288 bits per heavy atom. The summed E-state index contributed by atoms with van der Waals surface area (Å²) in [6.07, 6.45) is 4.73. The summed E-state index contributed by atoms with van der Waals surface area (Å²) in [5.41, 5.74) is 13.0. The third-order valence-corrected chi connectivity index (χ3v) is 20.0. The van der Waals surface area contributed by atoms with Crippen LogP contribution in [0.3, 0.4) is 0 Å². The minimum atomic E-state index is -3.22. The molecule has 1 unspecified atom stereocenters.